The van der Waals surface area contributed by atoms with Crippen molar-refractivity contribution in [2.24, 2.45) is 5.92 Å². The summed E-state index contributed by atoms with van der Waals surface area (Å²) < 4.78 is 0. The van der Waals surface area contributed by atoms with E-state index in [1.54, 1.807) is 6.08 Å². The van der Waals surface area contributed by atoms with Crippen LogP contribution in [-0.4, -0.2) is 17.3 Å². The van der Waals surface area contributed by atoms with Crippen LogP contribution in [0, 0.1) is 5.92 Å². The van der Waals surface area contributed by atoms with E-state index in [9.17, 15) is 4.79 Å². The van der Waals surface area contributed by atoms with Crippen LogP contribution in [-0.2, 0) is 4.79 Å². The predicted octanol–water partition coefficient (Wildman–Crippen LogP) is 2.66. The van der Waals surface area contributed by atoms with Crippen LogP contribution < -0.4 is 0 Å². The Morgan fingerprint density at radius 2 is 2.33 bits per heavy atom. The first-order valence-corrected chi connectivity index (χ1v) is 5.77. The Bertz CT molecular complexity index is 171. The molecule has 1 saturated carbocycles. The number of carbonyl (C=O) groups is 1. The molecule has 1 aliphatic rings. The van der Waals surface area contributed by atoms with Crippen LogP contribution in [0.1, 0.15) is 26.2 Å². The molecule has 0 spiro atoms. The van der Waals surface area contributed by atoms with Gasteiger partial charge in [-0.15, -0.1) is 0 Å². The van der Waals surface area contributed by atoms with E-state index in [0.717, 1.165) is 17.4 Å². The van der Waals surface area contributed by atoms with Gasteiger partial charge in [-0.2, -0.15) is 11.8 Å². The summed E-state index contributed by atoms with van der Waals surface area (Å²) in [5.41, 5.74) is 0. The zero-order valence-corrected chi connectivity index (χ0v) is 8.40. The third-order valence-corrected chi connectivity index (χ3v) is 2.77. The van der Waals surface area contributed by atoms with Crippen molar-refractivity contribution in [2.75, 3.05) is 11.5 Å². The zero-order valence-electron chi connectivity index (χ0n) is 7.58. The Labute approximate surface area is 78.6 Å². The molecular weight excluding hydrogens is 168 g/mol. The first-order valence-electron chi connectivity index (χ1n) is 4.61. The Morgan fingerprint density at radius 3 is 2.92 bits per heavy atom. The number of ketones is 1. The number of thioether (sulfide) groups is 1. The van der Waals surface area contributed by atoms with Crippen molar-refractivity contribution >= 4 is 17.5 Å². The third kappa shape index (κ3) is 4.60. The van der Waals surface area contributed by atoms with Crippen LogP contribution in [0.15, 0.2) is 12.2 Å². The van der Waals surface area contributed by atoms with Gasteiger partial charge in [0.25, 0.3) is 0 Å². The van der Waals surface area contributed by atoms with Crippen molar-refractivity contribution in [3.05, 3.63) is 12.2 Å². The molecule has 0 saturated heterocycles. The fourth-order valence-electron chi connectivity index (χ4n) is 0.933. The molecule has 0 aliphatic heterocycles. The molecule has 0 amide bonds. The van der Waals surface area contributed by atoms with Gasteiger partial charge in [-0.25, -0.2) is 0 Å². The highest BCUT2D eigenvalue weighted by atomic mass is 32.2. The molecule has 68 valence electrons. The van der Waals surface area contributed by atoms with Gasteiger partial charge in [0.15, 0.2) is 5.78 Å². The van der Waals surface area contributed by atoms with E-state index in [1.807, 2.05) is 11.8 Å². The van der Waals surface area contributed by atoms with E-state index in [-0.39, 0.29) is 0 Å². The minimum absolute atomic E-state index is 0.294. The van der Waals surface area contributed by atoms with Gasteiger partial charge in [0.1, 0.15) is 0 Å². The van der Waals surface area contributed by atoms with Crippen LogP contribution in [0.4, 0.5) is 0 Å². The molecule has 0 unspecified atom stereocenters. The number of rotatable bonds is 6. The summed E-state index contributed by atoms with van der Waals surface area (Å²) >= 11 is 1.83. The number of allylic oxidation sites excluding steroid dienone is 2. The maximum Gasteiger partial charge on any atom is 0.156 e. The van der Waals surface area contributed by atoms with Crippen LogP contribution in [0.3, 0.4) is 0 Å². The molecule has 0 bridgehead atoms. The molecule has 0 aromatic rings. The minimum atomic E-state index is 0.294. The molecule has 12 heavy (non-hydrogen) atoms. The van der Waals surface area contributed by atoms with Gasteiger partial charge in [-0.1, -0.05) is 13.0 Å². The van der Waals surface area contributed by atoms with Gasteiger partial charge in [0.05, 0.1) is 0 Å². The summed E-state index contributed by atoms with van der Waals surface area (Å²) in [4.78, 5) is 11.1. The van der Waals surface area contributed by atoms with Gasteiger partial charge in [0, 0.05) is 12.2 Å². The second-order valence-electron chi connectivity index (χ2n) is 3.11. The van der Waals surface area contributed by atoms with Crippen molar-refractivity contribution in [2.45, 2.75) is 26.2 Å². The van der Waals surface area contributed by atoms with E-state index in [2.05, 4.69) is 13.0 Å². The van der Waals surface area contributed by atoms with Gasteiger partial charge in [0.2, 0.25) is 0 Å². The number of hydrogen-bond donors (Lipinski definition) is 0. The monoisotopic (exact) mass is 184 g/mol. The van der Waals surface area contributed by atoms with E-state index < -0.39 is 0 Å². The lowest BCUT2D eigenvalue weighted by atomic mass is 10.2. The van der Waals surface area contributed by atoms with Crippen LogP contribution >= 0.6 is 11.8 Å². The quantitative estimate of drug-likeness (QED) is 0.466. The number of hydrogen-bond acceptors (Lipinski definition) is 2. The molecule has 0 aromatic heterocycles. The highest BCUT2D eigenvalue weighted by molar-refractivity contribution is 7.99. The Morgan fingerprint density at radius 1 is 1.58 bits per heavy atom. The summed E-state index contributed by atoms with van der Waals surface area (Å²) in [5, 5.41) is 0. The van der Waals surface area contributed by atoms with E-state index >= 15 is 0 Å². The Balaban J connectivity index is 2.02. The molecule has 0 aromatic carbocycles. The van der Waals surface area contributed by atoms with Crippen LogP contribution in [0.5, 0.6) is 0 Å². The van der Waals surface area contributed by atoms with E-state index in [0.29, 0.717) is 12.2 Å². The van der Waals surface area contributed by atoms with Crippen molar-refractivity contribution in [3.63, 3.8) is 0 Å². The standard InChI is InChI=1S/C10H16OS/c1-2-12-8-7-10(11)6-5-9-3-4-9/h5-6,9H,2-4,7-8H2,1H3/b6-5+. The fourth-order valence-corrected chi connectivity index (χ4v) is 1.57. The van der Waals surface area contributed by atoms with Crippen LogP contribution in [0.25, 0.3) is 0 Å². The van der Waals surface area contributed by atoms with E-state index in [4.69, 9.17) is 0 Å². The molecule has 0 atom stereocenters. The minimum Gasteiger partial charge on any atom is -0.295 e. The molecule has 1 fully saturated rings. The fraction of sp³-hybridized carbons (Fsp3) is 0.700. The molecule has 2 heteroatoms. The molecule has 0 heterocycles. The summed E-state index contributed by atoms with van der Waals surface area (Å²) in [5.74, 6) is 3.11. The van der Waals surface area contributed by atoms with Crippen LogP contribution in [0.2, 0.25) is 0 Å². The average molecular weight is 184 g/mol. The van der Waals surface area contributed by atoms with Crippen molar-refractivity contribution in [1.82, 2.24) is 0 Å². The normalized spacial score (nSPS) is 17.1. The first-order chi connectivity index (χ1) is 5.83. The zero-order chi connectivity index (χ0) is 8.81. The molecule has 0 N–H and O–H groups in total. The largest absolute Gasteiger partial charge is 0.295 e. The van der Waals surface area contributed by atoms with E-state index in [1.165, 1.54) is 12.8 Å². The highest BCUT2D eigenvalue weighted by Crippen LogP contribution is 2.29. The van der Waals surface area contributed by atoms with Crippen molar-refractivity contribution < 1.29 is 4.79 Å². The summed E-state index contributed by atoms with van der Waals surface area (Å²) in [6, 6.07) is 0. The lowest BCUT2D eigenvalue weighted by Crippen LogP contribution is -1.94. The Kier molecular flexibility index (Phi) is 4.44. The number of carbonyl (C=O) groups excluding carboxylic acids is 1. The third-order valence-electron chi connectivity index (χ3n) is 1.87. The van der Waals surface area contributed by atoms with Gasteiger partial charge < -0.3 is 0 Å². The molecule has 1 rings (SSSR count). The maximum absolute atomic E-state index is 11.1. The smallest absolute Gasteiger partial charge is 0.156 e. The lowest BCUT2D eigenvalue weighted by molar-refractivity contribution is -0.114. The summed E-state index contributed by atoms with van der Waals surface area (Å²) in [6.45, 7) is 2.12. The molecule has 1 aliphatic carbocycles. The average Bonchev–Trinajstić information content (AvgIpc) is 2.84. The SMILES string of the molecule is CCSCCC(=O)/C=C/C1CC1. The summed E-state index contributed by atoms with van der Waals surface area (Å²) in [6.07, 6.45) is 7.12. The topological polar surface area (TPSA) is 17.1 Å². The van der Waals surface area contributed by atoms with Gasteiger partial charge in [-0.3, -0.25) is 4.79 Å². The molecule has 1 nitrogen and oxygen atoms in total. The second-order valence-corrected chi connectivity index (χ2v) is 4.50. The lowest BCUT2D eigenvalue weighted by Gasteiger charge is -1.93. The predicted molar refractivity (Wildman–Crippen MR) is 54.5 cm³/mol. The molecule has 0 radical (unpaired) electrons. The van der Waals surface area contributed by atoms with Gasteiger partial charge >= 0.3 is 0 Å². The summed E-state index contributed by atoms with van der Waals surface area (Å²) in [7, 11) is 0. The second kappa shape index (κ2) is 5.41. The Hall–Kier alpha value is -0.240. The molecular formula is C10H16OS. The van der Waals surface area contributed by atoms with Gasteiger partial charge in [-0.05, 0) is 30.6 Å². The van der Waals surface area contributed by atoms with Crippen molar-refractivity contribution in [1.29, 1.82) is 0 Å². The van der Waals surface area contributed by atoms with Crippen molar-refractivity contribution in [3.8, 4) is 0 Å². The maximum atomic E-state index is 11.1. The highest BCUT2D eigenvalue weighted by Gasteiger charge is 2.17. The first kappa shape index (κ1) is 9.85.